The van der Waals surface area contributed by atoms with Gasteiger partial charge in [-0.15, -0.1) is 0 Å². The van der Waals surface area contributed by atoms with Gasteiger partial charge in [-0.1, -0.05) is 65.8 Å². The molecule has 0 saturated carbocycles. The van der Waals surface area contributed by atoms with E-state index in [1.807, 2.05) is 39.8 Å². The molecule has 0 radical (unpaired) electrons. The lowest BCUT2D eigenvalue weighted by atomic mass is 10.0. The van der Waals surface area contributed by atoms with Crippen molar-refractivity contribution >= 4 is 17.6 Å². The molecule has 0 aliphatic heterocycles. The Kier molecular flexibility index (Phi) is 6.67. The molecule has 5 nitrogen and oxygen atoms in total. The molecule has 0 aliphatic rings. The summed E-state index contributed by atoms with van der Waals surface area (Å²) < 4.78 is 0. The third-order valence-electron chi connectivity index (χ3n) is 3.84. The lowest BCUT2D eigenvalue weighted by molar-refractivity contribution is 0.0812. The van der Waals surface area contributed by atoms with E-state index in [2.05, 4.69) is 5.16 Å². The summed E-state index contributed by atoms with van der Waals surface area (Å²) in [5.41, 5.74) is 1.17. The van der Waals surface area contributed by atoms with Crippen molar-refractivity contribution in [1.82, 2.24) is 4.90 Å². The minimum Gasteiger partial charge on any atom is -0.301 e. The normalized spacial score (nSPS) is 11.5. The molecular weight excluding hydrogens is 328 g/mol. The van der Waals surface area contributed by atoms with Crippen LogP contribution in [0, 0.1) is 0 Å². The third kappa shape index (κ3) is 4.79. The first-order chi connectivity index (χ1) is 12.4. The molecule has 5 heteroatoms. The van der Waals surface area contributed by atoms with Crippen molar-refractivity contribution in [3.8, 4) is 0 Å². The van der Waals surface area contributed by atoms with Gasteiger partial charge in [0, 0.05) is 23.2 Å². The molecule has 2 rings (SSSR count). The minimum absolute atomic E-state index is 0.0392. The molecule has 0 unspecified atom stereocenters. The van der Waals surface area contributed by atoms with Crippen molar-refractivity contribution in [3.05, 3.63) is 71.8 Å². The van der Waals surface area contributed by atoms with Crippen LogP contribution in [0.15, 0.2) is 65.8 Å². The smallest absolute Gasteiger partial charge is 0.301 e. The number of oxime groups is 1. The summed E-state index contributed by atoms with van der Waals surface area (Å²) in [6.07, 6.45) is -0.579. The fourth-order valence-corrected chi connectivity index (χ4v) is 2.70. The molecule has 0 atom stereocenters. The Balaban J connectivity index is 2.34. The molecule has 0 bridgehead atoms. The molecule has 0 saturated heterocycles. The van der Waals surface area contributed by atoms with Crippen molar-refractivity contribution in [2.45, 2.75) is 39.8 Å². The molecule has 2 aromatic rings. The number of amides is 1. The number of hydrogen-bond donors (Lipinski definition) is 0. The van der Waals surface area contributed by atoms with Crippen molar-refractivity contribution in [2.75, 3.05) is 0 Å². The SMILES string of the molecule is CC(C)N(C(=O)O/N=C(\C(=O)c1ccccc1)c1ccccc1)C(C)C. The molecule has 26 heavy (non-hydrogen) atoms. The molecule has 0 fully saturated rings. The van der Waals surface area contributed by atoms with Gasteiger partial charge in [-0.25, -0.2) is 4.79 Å². The first-order valence-corrected chi connectivity index (χ1v) is 8.64. The van der Waals surface area contributed by atoms with Crippen LogP contribution >= 0.6 is 0 Å². The number of benzene rings is 2. The standard InChI is InChI=1S/C21H24N2O3/c1-15(2)23(16(3)4)21(25)26-22-19(17-11-7-5-8-12-17)20(24)18-13-9-6-10-14-18/h5-16H,1-4H3/b22-19-. The van der Waals surface area contributed by atoms with Crippen LogP contribution in [-0.4, -0.2) is 34.6 Å². The quantitative estimate of drug-likeness (QED) is 0.332. The number of rotatable bonds is 6. The Labute approximate surface area is 154 Å². The highest BCUT2D eigenvalue weighted by atomic mass is 16.7. The zero-order valence-electron chi connectivity index (χ0n) is 15.5. The van der Waals surface area contributed by atoms with E-state index in [9.17, 15) is 9.59 Å². The Morgan fingerprint density at radius 2 is 1.27 bits per heavy atom. The topological polar surface area (TPSA) is 59.0 Å². The van der Waals surface area contributed by atoms with Gasteiger partial charge in [0.1, 0.15) is 0 Å². The first kappa shape index (κ1) is 19.4. The van der Waals surface area contributed by atoms with E-state index in [-0.39, 0.29) is 23.6 Å². The second-order valence-corrected chi connectivity index (χ2v) is 6.45. The summed E-state index contributed by atoms with van der Waals surface area (Å²) in [5.74, 6) is -0.301. The number of Topliss-reactive ketones (excluding diaryl/α,β-unsaturated/α-hetero) is 1. The van der Waals surface area contributed by atoms with Crippen LogP contribution in [0.2, 0.25) is 0 Å². The highest BCUT2D eigenvalue weighted by Crippen LogP contribution is 2.12. The molecule has 0 N–H and O–H groups in total. The van der Waals surface area contributed by atoms with E-state index < -0.39 is 6.09 Å². The summed E-state index contributed by atoms with van der Waals surface area (Å²) >= 11 is 0. The highest BCUT2D eigenvalue weighted by molar-refractivity contribution is 6.51. The monoisotopic (exact) mass is 352 g/mol. The summed E-state index contributed by atoms with van der Waals surface area (Å²) in [6, 6.07) is 17.7. The summed E-state index contributed by atoms with van der Waals surface area (Å²) in [5, 5.41) is 3.93. The Bertz CT molecular complexity index is 760. The third-order valence-corrected chi connectivity index (χ3v) is 3.84. The van der Waals surface area contributed by atoms with Crippen LogP contribution in [0.3, 0.4) is 0 Å². The van der Waals surface area contributed by atoms with Crippen LogP contribution in [0.1, 0.15) is 43.6 Å². The first-order valence-electron chi connectivity index (χ1n) is 8.64. The van der Waals surface area contributed by atoms with Gasteiger partial charge in [-0.2, -0.15) is 0 Å². The predicted molar refractivity (Wildman–Crippen MR) is 102 cm³/mol. The van der Waals surface area contributed by atoms with Crippen LogP contribution < -0.4 is 0 Å². The zero-order valence-corrected chi connectivity index (χ0v) is 15.5. The molecular formula is C21H24N2O3. The second-order valence-electron chi connectivity index (χ2n) is 6.45. The van der Waals surface area contributed by atoms with Crippen LogP contribution in [0.4, 0.5) is 4.79 Å². The Morgan fingerprint density at radius 3 is 1.73 bits per heavy atom. The number of nitrogens with zero attached hydrogens (tertiary/aromatic N) is 2. The fourth-order valence-electron chi connectivity index (χ4n) is 2.70. The van der Waals surface area contributed by atoms with E-state index in [4.69, 9.17) is 4.84 Å². The molecule has 1 amide bonds. The maximum absolute atomic E-state index is 12.9. The zero-order chi connectivity index (χ0) is 19.1. The molecule has 0 spiro atoms. The lowest BCUT2D eigenvalue weighted by Gasteiger charge is -2.28. The largest absolute Gasteiger partial charge is 0.436 e. The summed E-state index contributed by atoms with van der Waals surface area (Å²) in [4.78, 5) is 32.0. The second kappa shape index (κ2) is 8.94. The highest BCUT2D eigenvalue weighted by Gasteiger charge is 2.23. The van der Waals surface area contributed by atoms with Gasteiger partial charge in [0.2, 0.25) is 5.78 Å². The Morgan fingerprint density at radius 1 is 0.808 bits per heavy atom. The van der Waals surface area contributed by atoms with Crippen molar-refractivity contribution in [3.63, 3.8) is 0 Å². The van der Waals surface area contributed by atoms with Crippen LogP contribution in [-0.2, 0) is 4.84 Å². The van der Waals surface area contributed by atoms with E-state index in [1.54, 1.807) is 53.4 Å². The number of carbonyl (C=O) groups is 2. The van der Waals surface area contributed by atoms with Gasteiger partial charge < -0.3 is 4.90 Å². The van der Waals surface area contributed by atoms with E-state index in [0.717, 1.165) is 0 Å². The van der Waals surface area contributed by atoms with Crippen molar-refractivity contribution < 1.29 is 14.4 Å². The molecule has 0 heterocycles. The van der Waals surface area contributed by atoms with Crippen molar-refractivity contribution in [1.29, 1.82) is 0 Å². The van der Waals surface area contributed by atoms with Crippen molar-refractivity contribution in [2.24, 2.45) is 5.16 Å². The van der Waals surface area contributed by atoms with Gasteiger partial charge >= 0.3 is 6.09 Å². The minimum atomic E-state index is -0.579. The maximum Gasteiger partial charge on any atom is 0.436 e. The Hall–Kier alpha value is -2.95. The number of ketones is 1. The van der Waals surface area contributed by atoms with E-state index in [1.165, 1.54) is 0 Å². The van der Waals surface area contributed by atoms with Gasteiger partial charge in [0.25, 0.3) is 0 Å². The summed E-state index contributed by atoms with van der Waals surface area (Å²) in [6.45, 7) is 7.60. The van der Waals surface area contributed by atoms with Crippen LogP contribution in [0.5, 0.6) is 0 Å². The lowest BCUT2D eigenvalue weighted by Crippen LogP contribution is -2.42. The summed E-state index contributed by atoms with van der Waals surface area (Å²) in [7, 11) is 0. The van der Waals surface area contributed by atoms with Gasteiger partial charge in [-0.05, 0) is 27.7 Å². The molecule has 2 aromatic carbocycles. The number of hydrogen-bond acceptors (Lipinski definition) is 4. The fraction of sp³-hybridized carbons (Fsp3) is 0.286. The maximum atomic E-state index is 12.9. The van der Waals surface area contributed by atoms with Crippen LogP contribution in [0.25, 0.3) is 0 Å². The van der Waals surface area contributed by atoms with E-state index in [0.29, 0.717) is 11.1 Å². The van der Waals surface area contributed by atoms with Gasteiger partial charge in [0.15, 0.2) is 5.71 Å². The number of carbonyl (C=O) groups excluding carboxylic acids is 2. The van der Waals surface area contributed by atoms with E-state index >= 15 is 0 Å². The average Bonchev–Trinajstić information content (AvgIpc) is 2.62. The average molecular weight is 352 g/mol. The molecule has 0 aromatic heterocycles. The predicted octanol–water partition coefficient (Wildman–Crippen LogP) is 4.53. The molecule has 136 valence electrons. The van der Waals surface area contributed by atoms with Gasteiger partial charge in [-0.3, -0.25) is 9.63 Å². The molecule has 0 aliphatic carbocycles. The van der Waals surface area contributed by atoms with Gasteiger partial charge in [0.05, 0.1) is 0 Å².